The summed E-state index contributed by atoms with van der Waals surface area (Å²) in [5, 5.41) is 0. The zero-order valence-electron chi connectivity index (χ0n) is 13.7. The van der Waals surface area contributed by atoms with Gasteiger partial charge in [-0.2, -0.15) is 0 Å². The van der Waals surface area contributed by atoms with E-state index in [0.717, 1.165) is 31.3 Å². The lowest BCUT2D eigenvalue weighted by Gasteiger charge is -2.47. The number of carbonyl (C=O) groups is 1. The molecule has 2 aliphatic carbocycles. The third kappa shape index (κ3) is 1.99. The second-order valence-corrected chi connectivity index (χ2v) is 7.18. The van der Waals surface area contributed by atoms with Gasteiger partial charge in [0, 0.05) is 11.0 Å². The number of rotatable bonds is 3. The largest absolute Gasteiger partial charge is 0.472 e. The fourth-order valence-electron chi connectivity index (χ4n) is 4.49. The second kappa shape index (κ2) is 4.98. The third-order valence-electron chi connectivity index (χ3n) is 6.06. The molecule has 1 aliphatic heterocycles. The Morgan fingerprint density at radius 3 is 2.91 bits per heavy atom. The van der Waals surface area contributed by atoms with E-state index in [2.05, 4.69) is 32.1 Å². The zero-order chi connectivity index (χ0) is 16.1. The van der Waals surface area contributed by atoms with Crippen molar-refractivity contribution in [1.29, 1.82) is 0 Å². The lowest BCUT2D eigenvalue weighted by atomic mass is 9.54. The van der Waals surface area contributed by atoms with E-state index in [4.69, 9.17) is 9.15 Å². The highest BCUT2D eigenvalue weighted by Gasteiger charge is 2.55. The van der Waals surface area contributed by atoms with Gasteiger partial charge in [0.15, 0.2) is 0 Å². The zero-order valence-corrected chi connectivity index (χ0v) is 13.7. The predicted octanol–water partition coefficient (Wildman–Crippen LogP) is 4.37. The topological polar surface area (TPSA) is 39.4 Å². The molecular formula is C20H22O3. The van der Waals surface area contributed by atoms with Crippen LogP contribution in [0.2, 0.25) is 0 Å². The summed E-state index contributed by atoms with van der Waals surface area (Å²) in [6.45, 7) is 5.03. The van der Waals surface area contributed by atoms with Gasteiger partial charge in [0.2, 0.25) is 0 Å². The maximum atomic E-state index is 12.1. The summed E-state index contributed by atoms with van der Waals surface area (Å²) >= 11 is 0. The van der Waals surface area contributed by atoms with E-state index in [1.165, 1.54) is 16.7 Å². The maximum absolute atomic E-state index is 12.1. The highest BCUT2D eigenvalue weighted by atomic mass is 16.5. The van der Waals surface area contributed by atoms with Crippen LogP contribution >= 0.6 is 0 Å². The highest BCUT2D eigenvalue weighted by Crippen LogP contribution is 2.59. The van der Waals surface area contributed by atoms with Gasteiger partial charge in [-0.3, -0.25) is 0 Å². The molecule has 0 aromatic carbocycles. The van der Waals surface area contributed by atoms with Gasteiger partial charge in [0.05, 0.1) is 17.9 Å². The van der Waals surface area contributed by atoms with Crippen LogP contribution in [0.25, 0.3) is 0 Å². The van der Waals surface area contributed by atoms with Gasteiger partial charge >= 0.3 is 5.97 Å². The van der Waals surface area contributed by atoms with Gasteiger partial charge in [0.1, 0.15) is 6.61 Å². The molecule has 0 N–H and O–H groups in total. The molecule has 1 saturated heterocycles. The molecule has 0 amide bonds. The van der Waals surface area contributed by atoms with Gasteiger partial charge in [-0.05, 0) is 49.8 Å². The molecule has 0 radical (unpaired) electrons. The quantitative estimate of drug-likeness (QED) is 0.615. The molecule has 0 bridgehead atoms. The summed E-state index contributed by atoms with van der Waals surface area (Å²) in [6.07, 6.45) is 14.0. The van der Waals surface area contributed by atoms with Crippen molar-refractivity contribution in [3.8, 4) is 0 Å². The molecule has 3 heteroatoms. The Balaban J connectivity index is 1.72. The summed E-state index contributed by atoms with van der Waals surface area (Å²) in [6, 6.07) is 2.03. The molecule has 3 nitrogen and oxygen atoms in total. The lowest BCUT2D eigenvalue weighted by molar-refractivity contribution is -0.135. The number of ether oxygens (including phenoxy) is 1. The number of allylic oxidation sites excluding steroid dienone is 4. The van der Waals surface area contributed by atoms with E-state index >= 15 is 0 Å². The molecule has 0 unspecified atom stereocenters. The number of aryl methyl sites for hydroxylation is 1. The van der Waals surface area contributed by atoms with Gasteiger partial charge < -0.3 is 9.15 Å². The fraction of sp³-hybridized carbons (Fsp3) is 0.450. The van der Waals surface area contributed by atoms with E-state index in [1.807, 2.05) is 12.3 Å². The number of hydrogen-bond donors (Lipinski definition) is 0. The molecule has 23 heavy (non-hydrogen) atoms. The van der Waals surface area contributed by atoms with E-state index in [-0.39, 0.29) is 16.8 Å². The number of hydrogen-bond acceptors (Lipinski definition) is 3. The lowest BCUT2D eigenvalue weighted by Crippen LogP contribution is -2.40. The summed E-state index contributed by atoms with van der Waals surface area (Å²) in [4.78, 5) is 12.1. The van der Waals surface area contributed by atoms with Gasteiger partial charge in [0.25, 0.3) is 0 Å². The normalized spacial score (nSPS) is 32.4. The summed E-state index contributed by atoms with van der Waals surface area (Å²) in [5.74, 6) is -0.124. The molecule has 2 atom stereocenters. The van der Waals surface area contributed by atoms with Crippen molar-refractivity contribution >= 4 is 5.97 Å². The van der Waals surface area contributed by atoms with Crippen LogP contribution in [0, 0.1) is 10.8 Å². The smallest absolute Gasteiger partial charge is 0.334 e. The molecular weight excluding hydrogens is 288 g/mol. The minimum atomic E-state index is -0.222. The molecule has 120 valence electrons. The SMILES string of the molecule is CC1=CC[C@]23COC(=O)C2=CCC=C3[C@]1(C)CCc1ccoc1. The van der Waals surface area contributed by atoms with Crippen LogP contribution in [0.5, 0.6) is 0 Å². The van der Waals surface area contributed by atoms with Crippen LogP contribution in [-0.4, -0.2) is 12.6 Å². The first-order chi connectivity index (χ1) is 11.1. The average Bonchev–Trinajstić information content (AvgIpc) is 3.18. The van der Waals surface area contributed by atoms with Crippen molar-refractivity contribution in [2.45, 2.75) is 39.5 Å². The molecule has 1 fully saturated rings. The molecule has 1 spiro atoms. The monoisotopic (exact) mass is 310 g/mol. The first-order valence-corrected chi connectivity index (χ1v) is 8.33. The Labute approximate surface area is 136 Å². The Bertz CT molecular complexity index is 735. The van der Waals surface area contributed by atoms with Crippen LogP contribution < -0.4 is 0 Å². The first-order valence-electron chi connectivity index (χ1n) is 8.33. The minimum absolute atomic E-state index is 0.0248. The van der Waals surface area contributed by atoms with Crippen LogP contribution in [0.15, 0.2) is 58.0 Å². The van der Waals surface area contributed by atoms with Crippen LogP contribution in [0.1, 0.15) is 38.7 Å². The van der Waals surface area contributed by atoms with E-state index in [9.17, 15) is 4.79 Å². The highest BCUT2D eigenvalue weighted by molar-refractivity contribution is 5.94. The summed E-state index contributed by atoms with van der Waals surface area (Å²) < 4.78 is 10.6. The Morgan fingerprint density at radius 2 is 2.13 bits per heavy atom. The number of esters is 1. The summed E-state index contributed by atoms with van der Waals surface area (Å²) in [5.41, 5.74) is 4.65. The van der Waals surface area contributed by atoms with Gasteiger partial charge in [-0.1, -0.05) is 30.7 Å². The number of carbonyl (C=O) groups excluding carboxylic acids is 1. The molecule has 3 aliphatic rings. The Kier molecular flexibility index (Phi) is 3.15. The summed E-state index contributed by atoms with van der Waals surface area (Å²) in [7, 11) is 0. The third-order valence-corrected chi connectivity index (χ3v) is 6.06. The van der Waals surface area contributed by atoms with Crippen molar-refractivity contribution in [3.05, 3.63) is 59.1 Å². The molecule has 0 saturated carbocycles. The Hall–Kier alpha value is -2.03. The van der Waals surface area contributed by atoms with Crippen LogP contribution in [0.4, 0.5) is 0 Å². The van der Waals surface area contributed by atoms with Crippen molar-refractivity contribution in [3.63, 3.8) is 0 Å². The number of cyclic esters (lactones) is 1. The van der Waals surface area contributed by atoms with Gasteiger partial charge in [-0.15, -0.1) is 0 Å². The first kappa shape index (κ1) is 14.6. The van der Waals surface area contributed by atoms with Gasteiger partial charge in [-0.25, -0.2) is 4.79 Å². The van der Waals surface area contributed by atoms with Crippen molar-refractivity contribution in [2.24, 2.45) is 10.8 Å². The molecule has 4 rings (SSSR count). The second-order valence-electron chi connectivity index (χ2n) is 7.18. The molecule has 1 aromatic heterocycles. The maximum Gasteiger partial charge on any atom is 0.334 e. The predicted molar refractivity (Wildman–Crippen MR) is 87.7 cm³/mol. The molecule has 2 heterocycles. The molecule has 1 aromatic rings. The van der Waals surface area contributed by atoms with E-state index in [0.29, 0.717) is 6.61 Å². The van der Waals surface area contributed by atoms with E-state index < -0.39 is 0 Å². The standard InChI is InChI=1S/C20H22O3/c1-14-6-10-20-13-23-18(21)16(20)4-3-5-17(20)19(14,2)9-7-15-8-11-22-12-15/h4-6,8,11-12H,3,7,9-10,13H2,1-2H3/t19-,20+/m1/s1. The fourth-order valence-corrected chi connectivity index (χ4v) is 4.49. The Morgan fingerprint density at radius 1 is 1.26 bits per heavy atom. The number of furan rings is 1. The van der Waals surface area contributed by atoms with Crippen LogP contribution in [-0.2, 0) is 16.0 Å². The van der Waals surface area contributed by atoms with Crippen molar-refractivity contribution in [2.75, 3.05) is 6.61 Å². The van der Waals surface area contributed by atoms with Crippen LogP contribution in [0.3, 0.4) is 0 Å². The van der Waals surface area contributed by atoms with Crippen molar-refractivity contribution < 1.29 is 13.9 Å². The average molecular weight is 310 g/mol. The van der Waals surface area contributed by atoms with Crippen molar-refractivity contribution in [1.82, 2.24) is 0 Å². The van der Waals surface area contributed by atoms with E-state index in [1.54, 1.807) is 6.26 Å². The minimum Gasteiger partial charge on any atom is -0.472 e.